The number of pyridine rings is 1. The fourth-order valence-corrected chi connectivity index (χ4v) is 1.44. The average molecular weight is 212 g/mol. The molecule has 0 bridgehead atoms. The van der Waals surface area contributed by atoms with Gasteiger partial charge in [-0.3, -0.25) is 4.98 Å². The Labute approximate surface area is 89.4 Å². The van der Waals surface area contributed by atoms with Gasteiger partial charge in [0.05, 0.1) is 12.3 Å². The van der Waals surface area contributed by atoms with E-state index in [1.165, 1.54) is 12.3 Å². The molecule has 1 aromatic heterocycles. The molecule has 1 heterocycles. The fraction of sp³-hybridized carbons (Fsp3) is 0.545. The molecule has 0 aromatic carbocycles. The Hall–Kier alpha value is -1.00. The summed E-state index contributed by atoms with van der Waals surface area (Å²) in [7, 11) is 0. The minimum atomic E-state index is -0.322. The third-order valence-corrected chi connectivity index (χ3v) is 2.11. The average Bonchev–Trinajstić information content (AvgIpc) is 2.14. The first kappa shape index (κ1) is 12.1. The van der Waals surface area contributed by atoms with Crippen LogP contribution in [0, 0.1) is 5.82 Å². The number of aliphatic hydroxyl groups is 1. The first-order valence-corrected chi connectivity index (χ1v) is 5.09. The van der Waals surface area contributed by atoms with Crippen LogP contribution in [0.5, 0.6) is 0 Å². The molecule has 84 valence electrons. The third-order valence-electron chi connectivity index (χ3n) is 2.11. The number of nitrogens with zero attached hydrogens (tertiary/aromatic N) is 1. The van der Waals surface area contributed by atoms with Crippen molar-refractivity contribution in [2.75, 3.05) is 0 Å². The first-order valence-electron chi connectivity index (χ1n) is 5.09. The number of aromatic nitrogens is 1. The van der Waals surface area contributed by atoms with Gasteiger partial charge in [-0.05, 0) is 31.9 Å². The summed E-state index contributed by atoms with van der Waals surface area (Å²) >= 11 is 0. The van der Waals surface area contributed by atoms with Crippen molar-refractivity contribution in [1.82, 2.24) is 10.3 Å². The van der Waals surface area contributed by atoms with Crippen molar-refractivity contribution in [3.63, 3.8) is 0 Å². The largest absolute Gasteiger partial charge is 0.393 e. The van der Waals surface area contributed by atoms with Crippen molar-refractivity contribution in [2.24, 2.45) is 0 Å². The summed E-state index contributed by atoms with van der Waals surface area (Å²) in [5.74, 6) is -0.322. The van der Waals surface area contributed by atoms with Crippen LogP contribution in [0.15, 0.2) is 18.5 Å². The summed E-state index contributed by atoms with van der Waals surface area (Å²) in [6.45, 7) is 4.31. The van der Waals surface area contributed by atoms with E-state index in [2.05, 4.69) is 10.3 Å². The SMILES string of the molecule is CC(O)CC(C)NCc1cncc(F)c1. The Balaban J connectivity index is 2.36. The van der Waals surface area contributed by atoms with Crippen molar-refractivity contribution in [1.29, 1.82) is 0 Å². The molecular weight excluding hydrogens is 195 g/mol. The highest BCUT2D eigenvalue weighted by Gasteiger charge is 2.05. The number of aliphatic hydroxyl groups excluding tert-OH is 1. The molecule has 1 rings (SSSR count). The number of nitrogens with one attached hydrogen (secondary N) is 1. The summed E-state index contributed by atoms with van der Waals surface area (Å²) in [6, 6.07) is 1.66. The lowest BCUT2D eigenvalue weighted by molar-refractivity contribution is 0.170. The summed E-state index contributed by atoms with van der Waals surface area (Å²) in [5.41, 5.74) is 0.812. The van der Waals surface area contributed by atoms with E-state index in [1.54, 1.807) is 13.1 Å². The molecule has 4 heteroatoms. The van der Waals surface area contributed by atoms with Gasteiger partial charge in [-0.2, -0.15) is 0 Å². The Morgan fingerprint density at radius 2 is 2.20 bits per heavy atom. The molecule has 2 unspecified atom stereocenters. The van der Waals surface area contributed by atoms with Crippen LogP contribution in [0.1, 0.15) is 25.8 Å². The molecule has 0 saturated carbocycles. The number of halogens is 1. The van der Waals surface area contributed by atoms with Crippen LogP contribution in [0.3, 0.4) is 0 Å². The smallest absolute Gasteiger partial charge is 0.141 e. The zero-order valence-electron chi connectivity index (χ0n) is 9.07. The van der Waals surface area contributed by atoms with Crippen LogP contribution in [0.4, 0.5) is 4.39 Å². The highest BCUT2D eigenvalue weighted by atomic mass is 19.1. The second-order valence-electron chi connectivity index (χ2n) is 3.88. The lowest BCUT2D eigenvalue weighted by Crippen LogP contribution is -2.28. The number of rotatable bonds is 5. The van der Waals surface area contributed by atoms with Gasteiger partial charge in [0.15, 0.2) is 0 Å². The maximum atomic E-state index is 12.8. The van der Waals surface area contributed by atoms with E-state index in [1.807, 2.05) is 6.92 Å². The van der Waals surface area contributed by atoms with Crippen LogP contribution in [0.2, 0.25) is 0 Å². The lowest BCUT2D eigenvalue weighted by Gasteiger charge is -2.15. The van der Waals surface area contributed by atoms with Gasteiger partial charge in [-0.25, -0.2) is 4.39 Å². The Morgan fingerprint density at radius 1 is 1.47 bits per heavy atom. The van der Waals surface area contributed by atoms with E-state index >= 15 is 0 Å². The predicted octanol–water partition coefficient (Wildman–Crippen LogP) is 1.47. The Morgan fingerprint density at radius 3 is 2.80 bits per heavy atom. The van der Waals surface area contributed by atoms with E-state index in [4.69, 9.17) is 5.11 Å². The lowest BCUT2D eigenvalue weighted by atomic mass is 10.1. The first-order chi connectivity index (χ1) is 7.08. The van der Waals surface area contributed by atoms with Crippen LogP contribution in [-0.2, 0) is 6.54 Å². The molecular formula is C11H17FN2O. The van der Waals surface area contributed by atoms with Crippen molar-refractivity contribution in [3.8, 4) is 0 Å². The van der Waals surface area contributed by atoms with Crippen LogP contribution < -0.4 is 5.32 Å². The van der Waals surface area contributed by atoms with E-state index in [-0.39, 0.29) is 18.0 Å². The number of hydrogen-bond acceptors (Lipinski definition) is 3. The molecule has 0 aliphatic heterocycles. The summed E-state index contributed by atoms with van der Waals surface area (Å²) < 4.78 is 12.8. The van der Waals surface area contributed by atoms with E-state index in [0.29, 0.717) is 13.0 Å². The van der Waals surface area contributed by atoms with Gasteiger partial charge >= 0.3 is 0 Å². The monoisotopic (exact) mass is 212 g/mol. The van der Waals surface area contributed by atoms with Crippen LogP contribution in [0.25, 0.3) is 0 Å². The quantitative estimate of drug-likeness (QED) is 0.777. The molecule has 3 nitrogen and oxygen atoms in total. The maximum absolute atomic E-state index is 12.8. The van der Waals surface area contributed by atoms with Crippen molar-refractivity contribution >= 4 is 0 Å². The normalized spacial score (nSPS) is 14.9. The Bertz CT molecular complexity index is 304. The molecule has 2 atom stereocenters. The van der Waals surface area contributed by atoms with Gasteiger partial charge in [-0.15, -0.1) is 0 Å². The third kappa shape index (κ3) is 4.85. The molecule has 0 aliphatic carbocycles. The molecule has 0 spiro atoms. The van der Waals surface area contributed by atoms with Gasteiger partial charge in [-0.1, -0.05) is 0 Å². The minimum absolute atomic E-state index is 0.202. The standard InChI is InChI=1S/C11H17FN2O/c1-8(3-9(2)15)14-6-10-4-11(12)7-13-5-10/h4-5,7-9,14-15H,3,6H2,1-2H3. The fourth-order valence-electron chi connectivity index (χ4n) is 1.44. The summed E-state index contributed by atoms with van der Waals surface area (Å²) in [6.07, 6.45) is 3.18. The van der Waals surface area contributed by atoms with E-state index < -0.39 is 0 Å². The summed E-state index contributed by atoms with van der Waals surface area (Å²) in [4.78, 5) is 3.76. The van der Waals surface area contributed by atoms with Gasteiger partial charge in [0.1, 0.15) is 5.82 Å². The van der Waals surface area contributed by atoms with Crippen LogP contribution >= 0.6 is 0 Å². The molecule has 0 saturated heterocycles. The molecule has 2 N–H and O–H groups in total. The van der Waals surface area contributed by atoms with Gasteiger partial charge in [0.25, 0.3) is 0 Å². The van der Waals surface area contributed by atoms with Gasteiger partial charge < -0.3 is 10.4 Å². The molecule has 0 amide bonds. The second kappa shape index (κ2) is 5.78. The van der Waals surface area contributed by atoms with Crippen molar-refractivity contribution in [3.05, 3.63) is 29.8 Å². The highest BCUT2D eigenvalue weighted by Crippen LogP contribution is 2.02. The van der Waals surface area contributed by atoms with E-state index in [9.17, 15) is 4.39 Å². The molecule has 0 fully saturated rings. The van der Waals surface area contributed by atoms with Gasteiger partial charge in [0.2, 0.25) is 0 Å². The maximum Gasteiger partial charge on any atom is 0.141 e. The van der Waals surface area contributed by atoms with Crippen molar-refractivity contribution in [2.45, 2.75) is 39.0 Å². The number of hydrogen-bond donors (Lipinski definition) is 2. The highest BCUT2D eigenvalue weighted by molar-refractivity contribution is 5.09. The van der Waals surface area contributed by atoms with Gasteiger partial charge in [0, 0.05) is 18.8 Å². The zero-order valence-corrected chi connectivity index (χ0v) is 9.07. The van der Waals surface area contributed by atoms with Crippen LogP contribution in [-0.4, -0.2) is 22.2 Å². The van der Waals surface area contributed by atoms with E-state index in [0.717, 1.165) is 5.56 Å². The van der Waals surface area contributed by atoms with Crippen molar-refractivity contribution < 1.29 is 9.50 Å². The second-order valence-corrected chi connectivity index (χ2v) is 3.88. The zero-order chi connectivity index (χ0) is 11.3. The Kier molecular flexibility index (Phi) is 4.65. The molecule has 0 radical (unpaired) electrons. The summed E-state index contributed by atoms with van der Waals surface area (Å²) in [5, 5.41) is 12.3. The minimum Gasteiger partial charge on any atom is -0.393 e. The predicted molar refractivity (Wildman–Crippen MR) is 56.8 cm³/mol. The molecule has 15 heavy (non-hydrogen) atoms. The molecule has 0 aliphatic rings. The molecule has 1 aromatic rings. The topological polar surface area (TPSA) is 45.1 Å².